The van der Waals surface area contributed by atoms with Gasteiger partial charge in [-0.25, -0.2) is 4.79 Å². The number of methoxy groups -OCH3 is 1. The van der Waals surface area contributed by atoms with Gasteiger partial charge in [-0.3, -0.25) is 4.79 Å². The second-order valence-electron chi connectivity index (χ2n) is 2.74. The number of carboxylic acid groups (broad SMARTS) is 1. The fourth-order valence-corrected chi connectivity index (χ4v) is 0.308. The molecule has 15 heavy (non-hydrogen) atoms. The highest BCUT2D eigenvalue weighted by Crippen LogP contribution is 2.00. The monoisotopic (exact) mass is 224 g/mol. The number of esters is 1. The van der Waals surface area contributed by atoms with Crippen molar-refractivity contribution in [3.8, 4) is 0 Å². The van der Waals surface area contributed by atoms with Gasteiger partial charge in [-0.15, -0.1) is 0 Å². The molecule has 0 amide bonds. The highest BCUT2D eigenvalue weighted by Gasteiger charge is 2.19. The molecule has 0 rings (SSSR count). The van der Waals surface area contributed by atoms with Crippen LogP contribution in [0.4, 0.5) is 0 Å². The Balaban J connectivity index is 0. The number of carbonyl (C=O) groups excluding carboxylic acids is 1. The van der Waals surface area contributed by atoms with Crippen LogP contribution in [0.2, 0.25) is 0 Å². The summed E-state index contributed by atoms with van der Waals surface area (Å²) in [6, 6.07) is 0. The molecule has 90 valence electrons. The van der Waals surface area contributed by atoms with Crippen LogP contribution >= 0.6 is 0 Å². The first-order valence-corrected chi connectivity index (χ1v) is 4.08. The third-order valence-corrected chi connectivity index (χ3v) is 1.38. The molecule has 2 atom stereocenters. The third-order valence-electron chi connectivity index (χ3n) is 1.38. The average molecular weight is 224 g/mol. The lowest BCUT2D eigenvalue weighted by Gasteiger charge is -2.09. The summed E-state index contributed by atoms with van der Waals surface area (Å²) in [5.41, 5.74) is 0. The van der Waals surface area contributed by atoms with Crippen molar-refractivity contribution in [2.45, 2.75) is 26.2 Å². The molecular formula is C8H16O7. The Morgan fingerprint density at radius 2 is 1.47 bits per heavy atom. The van der Waals surface area contributed by atoms with Crippen LogP contribution < -0.4 is 0 Å². The lowest BCUT2D eigenvalue weighted by Crippen LogP contribution is -2.25. The topological polar surface area (TPSA) is 124 Å². The standard InChI is InChI=1S/C5H10O4.C3H6O3/c1-3(4(6)7)5(8)9-2;1-2(4)3(5)6/h3-4,6-7H,1-2H3;2,4H,1H3,(H,5,6). The van der Waals surface area contributed by atoms with Crippen molar-refractivity contribution >= 4 is 11.9 Å². The maximum Gasteiger partial charge on any atom is 0.332 e. The summed E-state index contributed by atoms with van der Waals surface area (Å²) in [4.78, 5) is 19.9. The molecule has 7 heteroatoms. The number of aliphatic carboxylic acids is 1. The SMILES string of the molecule is CC(O)C(=O)O.COC(=O)C(C)C(O)O. The van der Waals surface area contributed by atoms with E-state index in [0.29, 0.717) is 0 Å². The van der Waals surface area contributed by atoms with Gasteiger partial charge in [-0.2, -0.15) is 0 Å². The van der Waals surface area contributed by atoms with E-state index in [4.69, 9.17) is 20.4 Å². The van der Waals surface area contributed by atoms with E-state index >= 15 is 0 Å². The molecule has 0 aliphatic heterocycles. The van der Waals surface area contributed by atoms with E-state index in [1.165, 1.54) is 21.0 Å². The second-order valence-corrected chi connectivity index (χ2v) is 2.74. The number of carbonyl (C=O) groups is 2. The fourth-order valence-electron chi connectivity index (χ4n) is 0.308. The normalized spacial score (nSPS) is 13.5. The van der Waals surface area contributed by atoms with Crippen molar-refractivity contribution < 1.29 is 34.8 Å². The number of hydrogen-bond acceptors (Lipinski definition) is 6. The van der Waals surface area contributed by atoms with Crippen molar-refractivity contribution in [2.24, 2.45) is 5.92 Å². The molecule has 0 aromatic rings. The summed E-state index contributed by atoms with van der Waals surface area (Å²) >= 11 is 0. The van der Waals surface area contributed by atoms with Gasteiger partial charge in [-0.1, -0.05) is 0 Å². The minimum Gasteiger partial charge on any atom is -0.479 e. The van der Waals surface area contributed by atoms with Gasteiger partial charge in [-0.05, 0) is 13.8 Å². The van der Waals surface area contributed by atoms with Gasteiger partial charge in [0.1, 0.15) is 12.0 Å². The van der Waals surface area contributed by atoms with Gasteiger partial charge in [0.25, 0.3) is 0 Å². The zero-order valence-electron chi connectivity index (χ0n) is 8.75. The Hall–Kier alpha value is -1.18. The first kappa shape index (κ1) is 16.3. The maximum absolute atomic E-state index is 10.4. The van der Waals surface area contributed by atoms with Crippen molar-refractivity contribution in [1.82, 2.24) is 0 Å². The molecule has 2 unspecified atom stereocenters. The number of hydrogen-bond donors (Lipinski definition) is 4. The average Bonchev–Trinajstić information content (AvgIpc) is 2.16. The summed E-state index contributed by atoms with van der Waals surface area (Å²) in [5, 5.41) is 32.5. The van der Waals surface area contributed by atoms with Gasteiger partial charge in [0.15, 0.2) is 6.29 Å². The molecule has 0 fully saturated rings. The van der Waals surface area contributed by atoms with Gasteiger partial charge in [0, 0.05) is 0 Å². The van der Waals surface area contributed by atoms with Crippen LogP contribution in [-0.4, -0.2) is 51.9 Å². The molecule has 0 radical (unpaired) electrons. The van der Waals surface area contributed by atoms with Crippen molar-refractivity contribution in [3.63, 3.8) is 0 Å². The van der Waals surface area contributed by atoms with E-state index in [1.54, 1.807) is 0 Å². The number of aliphatic hydroxyl groups is 3. The fraction of sp³-hybridized carbons (Fsp3) is 0.750. The molecule has 0 bridgehead atoms. The Labute approximate surface area is 86.9 Å². The van der Waals surface area contributed by atoms with Crippen molar-refractivity contribution in [2.75, 3.05) is 7.11 Å². The lowest BCUT2D eigenvalue weighted by molar-refractivity contribution is -0.160. The van der Waals surface area contributed by atoms with Crippen LogP contribution in [0.25, 0.3) is 0 Å². The van der Waals surface area contributed by atoms with Crippen LogP contribution in [-0.2, 0) is 14.3 Å². The molecule has 0 aromatic heterocycles. The molecule has 0 saturated carbocycles. The quantitative estimate of drug-likeness (QED) is 0.341. The number of rotatable bonds is 3. The smallest absolute Gasteiger partial charge is 0.332 e. The van der Waals surface area contributed by atoms with E-state index in [-0.39, 0.29) is 0 Å². The first-order chi connectivity index (χ1) is 6.73. The van der Waals surface area contributed by atoms with Gasteiger partial charge >= 0.3 is 11.9 Å². The molecule has 0 spiro atoms. The molecule has 0 heterocycles. The maximum atomic E-state index is 10.4. The largest absolute Gasteiger partial charge is 0.479 e. The Kier molecular flexibility index (Phi) is 8.84. The Morgan fingerprint density at radius 3 is 1.53 bits per heavy atom. The molecule has 4 N–H and O–H groups in total. The summed E-state index contributed by atoms with van der Waals surface area (Å²) < 4.78 is 4.21. The van der Waals surface area contributed by atoms with Crippen LogP contribution in [0.3, 0.4) is 0 Å². The van der Waals surface area contributed by atoms with Crippen LogP contribution in [0.5, 0.6) is 0 Å². The minimum absolute atomic E-state index is 0.620. The second kappa shape index (κ2) is 8.16. The molecule has 7 nitrogen and oxygen atoms in total. The molecule has 0 saturated heterocycles. The lowest BCUT2D eigenvalue weighted by atomic mass is 10.2. The highest BCUT2D eigenvalue weighted by molar-refractivity contribution is 5.72. The predicted octanol–water partition coefficient (Wildman–Crippen LogP) is -1.44. The molecule has 0 aliphatic rings. The highest BCUT2D eigenvalue weighted by atomic mass is 16.5. The van der Waals surface area contributed by atoms with Gasteiger partial charge in [0.2, 0.25) is 0 Å². The zero-order chi connectivity index (χ0) is 12.6. The van der Waals surface area contributed by atoms with E-state index in [1.807, 2.05) is 0 Å². The number of carboxylic acids is 1. The summed E-state index contributed by atoms with van der Waals surface area (Å²) in [6.07, 6.45) is -2.86. The van der Waals surface area contributed by atoms with E-state index < -0.39 is 30.3 Å². The van der Waals surface area contributed by atoms with Gasteiger partial charge in [0.05, 0.1) is 7.11 Å². The predicted molar refractivity (Wildman–Crippen MR) is 48.7 cm³/mol. The van der Waals surface area contributed by atoms with Gasteiger partial charge < -0.3 is 25.2 Å². The van der Waals surface area contributed by atoms with E-state index in [2.05, 4.69) is 4.74 Å². The van der Waals surface area contributed by atoms with Crippen LogP contribution in [0.15, 0.2) is 0 Å². The minimum atomic E-state index is -1.63. The summed E-state index contributed by atoms with van der Waals surface area (Å²) in [6.45, 7) is 2.57. The van der Waals surface area contributed by atoms with E-state index in [0.717, 1.165) is 0 Å². The van der Waals surface area contributed by atoms with Crippen LogP contribution in [0, 0.1) is 5.92 Å². The number of ether oxygens (including phenoxy) is 1. The van der Waals surface area contributed by atoms with E-state index in [9.17, 15) is 9.59 Å². The molecule has 0 aliphatic carbocycles. The first-order valence-electron chi connectivity index (χ1n) is 4.08. The third kappa shape index (κ3) is 9.13. The molecule has 0 aromatic carbocycles. The summed E-state index contributed by atoms with van der Waals surface area (Å²) in [7, 11) is 1.20. The summed E-state index contributed by atoms with van der Waals surface area (Å²) in [5.74, 6) is -2.67. The zero-order valence-corrected chi connectivity index (χ0v) is 8.75. The Morgan fingerprint density at radius 1 is 1.13 bits per heavy atom. The number of aliphatic hydroxyl groups excluding tert-OH is 2. The Bertz CT molecular complexity index is 199. The molecular weight excluding hydrogens is 208 g/mol. The van der Waals surface area contributed by atoms with Crippen molar-refractivity contribution in [1.29, 1.82) is 0 Å². The van der Waals surface area contributed by atoms with Crippen molar-refractivity contribution in [3.05, 3.63) is 0 Å². The van der Waals surface area contributed by atoms with Crippen LogP contribution in [0.1, 0.15) is 13.8 Å².